The van der Waals surface area contributed by atoms with Gasteiger partial charge in [-0.15, -0.1) is 0 Å². The summed E-state index contributed by atoms with van der Waals surface area (Å²) >= 11 is 0. The van der Waals surface area contributed by atoms with Crippen molar-refractivity contribution in [3.63, 3.8) is 0 Å². The van der Waals surface area contributed by atoms with E-state index in [4.69, 9.17) is 9.29 Å². The smallest absolute Gasteiger partial charge is 0.261 e. The zero-order valence-corrected chi connectivity index (χ0v) is 22.7. The van der Waals surface area contributed by atoms with Crippen molar-refractivity contribution in [2.45, 2.75) is 25.9 Å². The summed E-state index contributed by atoms with van der Waals surface area (Å²) < 4.78 is 45.0. The molecule has 1 fully saturated rings. The largest absolute Gasteiger partial charge is 0.390 e. The molecular formula is C26H33FN4O7S. The molecule has 1 saturated heterocycles. The molecule has 1 aromatic heterocycles. The van der Waals surface area contributed by atoms with Gasteiger partial charge in [0.1, 0.15) is 5.82 Å². The number of hydrogen-bond donors (Lipinski definition) is 4. The molecule has 0 spiro atoms. The van der Waals surface area contributed by atoms with Crippen LogP contribution in [0.15, 0.2) is 18.2 Å². The molecule has 4 N–H and O–H groups in total. The molecular weight excluding hydrogens is 531 g/mol. The average molecular weight is 565 g/mol. The SMILES string of the molecule is CS(=O)(=O)O.Cc1c(C=C2C(=O)Nc3ccc(F)cc32)[nH]c2c1C(=O)N(CC(O)CN1CCOCC1)CCC2. The van der Waals surface area contributed by atoms with Crippen molar-refractivity contribution in [1.82, 2.24) is 14.8 Å². The summed E-state index contributed by atoms with van der Waals surface area (Å²) in [5.74, 6) is -0.833. The highest BCUT2D eigenvalue weighted by Crippen LogP contribution is 2.35. The minimum atomic E-state index is -3.67. The molecule has 3 aliphatic rings. The molecule has 212 valence electrons. The van der Waals surface area contributed by atoms with Crippen LogP contribution in [-0.4, -0.2) is 103 Å². The summed E-state index contributed by atoms with van der Waals surface area (Å²) in [6, 6.07) is 4.19. The van der Waals surface area contributed by atoms with E-state index in [1.807, 2.05) is 6.92 Å². The number of nitrogens with one attached hydrogen (secondary N) is 2. The number of benzene rings is 1. The van der Waals surface area contributed by atoms with Gasteiger partial charge in [0.25, 0.3) is 21.9 Å². The van der Waals surface area contributed by atoms with Crippen molar-refractivity contribution in [3.05, 3.63) is 52.1 Å². The summed E-state index contributed by atoms with van der Waals surface area (Å²) in [6.45, 7) is 6.10. The molecule has 2 aromatic rings. The van der Waals surface area contributed by atoms with Gasteiger partial charge in [0.15, 0.2) is 0 Å². The van der Waals surface area contributed by atoms with E-state index in [9.17, 15) is 27.5 Å². The lowest BCUT2D eigenvalue weighted by Gasteiger charge is -2.31. The Morgan fingerprint density at radius 1 is 1.18 bits per heavy atom. The molecule has 0 saturated carbocycles. The molecule has 39 heavy (non-hydrogen) atoms. The number of anilines is 1. The third-order valence-electron chi connectivity index (χ3n) is 6.78. The van der Waals surface area contributed by atoms with E-state index in [1.165, 1.54) is 12.1 Å². The van der Waals surface area contributed by atoms with Gasteiger partial charge in [0, 0.05) is 55.4 Å². The fourth-order valence-corrected chi connectivity index (χ4v) is 5.02. The Kier molecular flexibility index (Phi) is 8.86. The Balaban J connectivity index is 0.000000648. The average Bonchev–Trinajstić information content (AvgIpc) is 3.27. The second-order valence-corrected chi connectivity index (χ2v) is 11.3. The first-order valence-corrected chi connectivity index (χ1v) is 14.5. The van der Waals surface area contributed by atoms with E-state index < -0.39 is 22.0 Å². The first-order chi connectivity index (χ1) is 18.4. The predicted octanol–water partition coefficient (Wildman–Crippen LogP) is 1.54. The van der Waals surface area contributed by atoms with Gasteiger partial charge in [0.2, 0.25) is 0 Å². The Bertz CT molecular complexity index is 1370. The first-order valence-electron chi connectivity index (χ1n) is 12.6. The van der Waals surface area contributed by atoms with Crippen LogP contribution in [0.3, 0.4) is 0 Å². The van der Waals surface area contributed by atoms with Gasteiger partial charge in [0.05, 0.1) is 36.7 Å². The second-order valence-electron chi connectivity index (χ2n) is 9.87. The van der Waals surface area contributed by atoms with Crippen LogP contribution in [0.25, 0.3) is 11.6 Å². The molecule has 11 nitrogen and oxygen atoms in total. The fraction of sp³-hybridized carbons (Fsp3) is 0.462. The van der Waals surface area contributed by atoms with Crippen LogP contribution in [0.5, 0.6) is 0 Å². The summed E-state index contributed by atoms with van der Waals surface area (Å²) in [5, 5.41) is 13.4. The van der Waals surface area contributed by atoms with Crippen molar-refractivity contribution < 1.29 is 36.8 Å². The number of rotatable bonds is 5. The summed E-state index contributed by atoms with van der Waals surface area (Å²) in [7, 11) is -3.67. The number of H-pyrrole nitrogens is 1. The number of β-amino-alcohol motifs (C(OH)–C–C–N with tert-alkyl or cyclic N) is 1. The number of aromatic amines is 1. The highest BCUT2D eigenvalue weighted by Gasteiger charge is 2.30. The maximum absolute atomic E-state index is 13.8. The number of carbonyl (C=O) groups is 2. The van der Waals surface area contributed by atoms with Crippen molar-refractivity contribution in [3.8, 4) is 0 Å². The molecule has 1 atom stereocenters. The Hall–Kier alpha value is -3.10. The predicted molar refractivity (Wildman–Crippen MR) is 143 cm³/mol. The minimum absolute atomic E-state index is 0.116. The molecule has 0 bridgehead atoms. The molecule has 3 aliphatic heterocycles. The number of amides is 2. The van der Waals surface area contributed by atoms with Crippen LogP contribution in [0.1, 0.15) is 39.3 Å². The molecule has 4 heterocycles. The van der Waals surface area contributed by atoms with Gasteiger partial charge in [-0.2, -0.15) is 8.42 Å². The number of halogens is 1. The van der Waals surface area contributed by atoms with Crippen LogP contribution < -0.4 is 5.32 Å². The highest BCUT2D eigenvalue weighted by atomic mass is 32.2. The number of carbonyl (C=O) groups excluding carboxylic acids is 2. The topological polar surface area (TPSA) is 152 Å². The molecule has 5 rings (SSSR count). The van der Waals surface area contributed by atoms with Crippen LogP contribution in [-0.2, 0) is 26.1 Å². The van der Waals surface area contributed by atoms with Crippen molar-refractivity contribution in [2.75, 3.05) is 57.5 Å². The molecule has 0 radical (unpaired) electrons. The van der Waals surface area contributed by atoms with Gasteiger partial charge in [-0.05, 0) is 49.6 Å². The quantitative estimate of drug-likeness (QED) is 0.315. The maximum atomic E-state index is 13.8. The summed E-state index contributed by atoms with van der Waals surface area (Å²) in [4.78, 5) is 33.2. The number of aromatic nitrogens is 1. The van der Waals surface area contributed by atoms with Gasteiger partial charge in [-0.25, -0.2) is 4.39 Å². The molecule has 1 aromatic carbocycles. The molecule has 13 heteroatoms. The molecule has 1 unspecified atom stereocenters. The first kappa shape index (κ1) is 28.9. The van der Waals surface area contributed by atoms with E-state index >= 15 is 0 Å². The molecule has 0 aliphatic carbocycles. The van der Waals surface area contributed by atoms with Crippen LogP contribution in [0.4, 0.5) is 10.1 Å². The van der Waals surface area contributed by atoms with E-state index in [0.717, 1.165) is 30.8 Å². The van der Waals surface area contributed by atoms with E-state index in [1.54, 1.807) is 17.0 Å². The third-order valence-corrected chi connectivity index (χ3v) is 6.78. The van der Waals surface area contributed by atoms with Crippen molar-refractivity contribution >= 4 is 39.3 Å². The summed E-state index contributed by atoms with van der Waals surface area (Å²) in [6.07, 6.45) is 3.23. The van der Waals surface area contributed by atoms with Crippen LogP contribution in [0, 0.1) is 12.7 Å². The lowest BCUT2D eigenvalue weighted by atomic mass is 10.0. The summed E-state index contributed by atoms with van der Waals surface area (Å²) in [5.41, 5.74) is 4.28. The fourth-order valence-electron chi connectivity index (χ4n) is 5.02. The molecule has 2 amide bonds. The Morgan fingerprint density at radius 2 is 1.87 bits per heavy atom. The normalized spacial score (nSPS) is 19.6. The number of nitrogens with zero attached hydrogens (tertiary/aromatic N) is 2. The van der Waals surface area contributed by atoms with Crippen molar-refractivity contribution in [2.24, 2.45) is 0 Å². The lowest BCUT2D eigenvalue weighted by molar-refractivity contribution is -0.110. The third kappa shape index (κ3) is 7.31. The Labute approximate surface area is 226 Å². The minimum Gasteiger partial charge on any atom is -0.390 e. The van der Waals surface area contributed by atoms with Gasteiger partial charge in [-0.3, -0.25) is 19.0 Å². The van der Waals surface area contributed by atoms with E-state index in [2.05, 4.69) is 15.2 Å². The number of ether oxygens (including phenoxy) is 1. The van der Waals surface area contributed by atoms with E-state index in [-0.39, 0.29) is 18.4 Å². The monoisotopic (exact) mass is 564 g/mol. The number of aliphatic hydroxyl groups is 1. The highest BCUT2D eigenvalue weighted by molar-refractivity contribution is 7.85. The zero-order chi connectivity index (χ0) is 28.3. The number of morpholine rings is 1. The van der Waals surface area contributed by atoms with E-state index in [0.29, 0.717) is 67.1 Å². The standard InChI is InChI=1S/C25H29FN4O4.CH4O3S/c1-15-22(12-19-18-11-16(26)4-5-20(18)28-24(19)32)27-21-3-2-6-30(25(33)23(15)21)14-17(31)13-29-7-9-34-10-8-29;1-5(2,3)4/h4-5,11-12,17,27,31H,2-3,6-10,13-14H2,1H3,(H,28,32);1H3,(H,2,3,4). The number of aliphatic hydroxyl groups excluding tert-OH is 1. The maximum Gasteiger partial charge on any atom is 0.261 e. The number of fused-ring (bicyclic) bond motifs is 2. The van der Waals surface area contributed by atoms with Crippen LogP contribution in [0.2, 0.25) is 0 Å². The second kappa shape index (κ2) is 12.0. The van der Waals surface area contributed by atoms with Gasteiger partial charge in [-0.1, -0.05) is 0 Å². The van der Waals surface area contributed by atoms with Crippen LogP contribution >= 0.6 is 0 Å². The number of aryl methyl sites for hydroxylation is 1. The van der Waals surface area contributed by atoms with Gasteiger partial charge >= 0.3 is 0 Å². The lowest BCUT2D eigenvalue weighted by Crippen LogP contribution is -2.46. The van der Waals surface area contributed by atoms with Gasteiger partial charge < -0.3 is 25.0 Å². The van der Waals surface area contributed by atoms with Crippen molar-refractivity contribution in [1.29, 1.82) is 0 Å². The Morgan fingerprint density at radius 3 is 2.56 bits per heavy atom. The number of hydrogen-bond acceptors (Lipinski definition) is 7. The zero-order valence-electron chi connectivity index (χ0n) is 21.9.